The molecule has 1 aromatic carbocycles. The summed E-state index contributed by atoms with van der Waals surface area (Å²) in [5.74, 6) is -0.553. The Morgan fingerprint density at radius 1 is 1.40 bits per heavy atom. The van der Waals surface area contributed by atoms with Crippen molar-refractivity contribution in [3.8, 4) is 5.69 Å². The summed E-state index contributed by atoms with van der Waals surface area (Å²) in [5, 5.41) is 14.5. The first-order valence-corrected chi connectivity index (χ1v) is 6.46. The molecule has 2 atom stereocenters. The average Bonchev–Trinajstić information content (AvgIpc) is 2.97. The van der Waals surface area contributed by atoms with Crippen LogP contribution in [0, 0.1) is 5.92 Å². The molecule has 106 valence electrons. The van der Waals surface area contributed by atoms with Gasteiger partial charge in [-0.2, -0.15) is 5.10 Å². The molecule has 0 aliphatic carbocycles. The van der Waals surface area contributed by atoms with Crippen molar-refractivity contribution >= 4 is 5.97 Å². The molecule has 0 fully saturated rings. The fraction of sp³-hybridized carbons (Fsp3) is 0.333. The third-order valence-corrected chi connectivity index (χ3v) is 3.22. The molecule has 2 unspecified atom stereocenters. The highest BCUT2D eigenvalue weighted by molar-refractivity contribution is 5.69. The van der Waals surface area contributed by atoms with Crippen LogP contribution >= 0.6 is 0 Å². The molecule has 0 bridgehead atoms. The molecule has 1 aromatic heterocycles. The molecule has 0 spiro atoms. The van der Waals surface area contributed by atoms with Gasteiger partial charge in [0.1, 0.15) is 0 Å². The lowest BCUT2D eigenvalue weighted by Gasteiger charge is -2.16. The lowest BCUT2D eigenvalue weighted by atomic mass is 9.97. The van der Waals surface area contributed by atoms with Crippen molar-refractivity contribution in [1.29, 1.82) is 0 Å². The molecule has 5 heteroatoms. The number of benzene rings is 1. The number of para-hydroxylation sites is 1. The van der Waals surface area contributed by atoms with E-state index in [0.717, 1.165) is 5.69 Å². The van der Waals surface area contributed by atoms with Crippen molar-refractivity contribution in [1.82, 2.24) is 9.78 Å². The van der Waals surface area contributed by atoms with E-state index in [4.69, 9.17) is 0 Å². The molecule has 0 radical (unpaired) electrons. The highest BCUT2D eigenvalue weighted by Crippen LogP contribution is 2.24. The standard InChI is InChI=1S/C15H18N2O3/c1-11(8-14(18)20-2)15(19)12-9-16-17(10-12)13-6-4-3-5-7-13/h3-7,9-11,15,19H,8H2,1-2H3. The van der Waals surface area contributed by atoms with Crippen LogP contribution in [0.25, 0.3) is 5.69 Å². The van der Waals surface area contributed by atoms with Gasteiger partial charge in [0.2, 0.25) is 0 Å². The summed E-state index contributed by atoms with van der Waals surface area (Å²) in [4.78, 5) is 11.2. The zero-order chi connectivity index (χ0) is 14.5. The number of carbonyl (C=O) groups is 1. The number of carbonyl (C=O) groups excluding carboxylic acids is 1. The lowest BCUT2D eigenvalue weighted by Crippen LogP contribution is -2.14. The SMILES string of the molecule is COC(=O)CC(C)C(O)c1cnn(-c2ccccc2)c1. The van der Waals surface area contributed by atoms with E-state index in [1.54, 1.807) is 24.0 Å². The highest BCUT2D eigenvalue weighted by atomic mass is 16.5. The third kappa shape index (κ3) is 3.24. The molecule has 5 nitrogen and oxygen atoms in total. The number of aliphatic hydroxyl groups excluding tert-OH is 1. The summed E-state index contributed by atoms with van der Waals surface area (Å²) in [6.45, 7) is 1.81. The third-order valence-electron chi connectivity index (χ3n) is 3.22. The van der Waals surface area contributed by atoms with Crippen LogP contribution in [-0.4, -0.2) is 28.0 Å². The number of ether oxygens (including phenoxy) is 1. The van der Waals surface area contributed by atoms with Gasteiger partial charge >= 0.3 is 5.97 Å². The van der Waals surface area contributed by atoms with Crippen LogP contribution in [0.1, 0.15) is 25.0 Å². The minimum absolute atomic E-state index is 0.175. The fourth-order valence-corrected chi connectivity index (χ4v) is 2.00. The molecule has 1 N–H and O–H groups in total. The van der Waals surface area contributed by atoms with Gasteiger partial charge in [-0.3, -0.25) is 4.79 Å². The van der Waals surface area contributed by atoms with Crippen LogP contribution in [0.5, 0.6) is 0 Å². The average molecular weight is 274 g/mol. The largest absolute Gasteiger partial charge is 0.469 e. The maximum absolute atomic E-state index is 11.2. The van der Waals surface area contributed by atoms with Gasteiger partial charge in [0.25, 0.3) is 0 Å². The summed E-state index contributed by atoms with van der Waals surface area (Å²) in [7, 11) is 1.34. The second kappa shape index (κ2) is 6.34. The molecule has 1 heterocycles. The minimum Gasteiger partial charge on any atom is -0.469 e. The van der Waals surface area contributed by atoms with Crippen molar-refractivity contribution in [3.63, 3.8) is 0 Å². The molecule has 0 saturated carbocycles. The van der Waals surface area contributed by atoms with Crippen LogP contribution < -0.4 is 0 Å². The molecule has 2 rings (SSSR count). The Labute approximate surface area is 117 Å². The van der Waals surface area contributed by atoms with Gasteiger partial charge < -0.3 is 9.84 Å². The maximum Gasteiger partial charge on any atom is 0.305 e. The first kappa shape index (κ1) is 14.3. The van der Waals surface area contributed by atoms with Crippen LogP contribution in [0.15, 0.2) is 42.7 Å². The van der Waals surface area contributed by atoms with Gasteiger partial charge in [-0.05, 0) is 18.1 Å². The fourth-order valence-electron chi connectivity index (χ4n) is 2.00. The summed E-state index contributed by atoms with van der Waals surface area (Å²) < 4.78 is 6.31. The Hall–Kier alpha value is -2.14. The van der Waals surface area contributed by atoms with E-state index in [1.807, 2.05) is 30.3 Å². The van der Waals surface area contributed by atoms with Crippen LogP contribution in [0.4, 0.5) is 0 Å². The Balaban J connectivity index is 2.10. The number of hydrogen-bond donors (Lipinski definition) is 1. The summed E-state index contributed by atoms with van der Waals surface area (Å²) >= 11 is 0. The van der Waals surface area contributed by atoms with Gasteiger partial charge in [0.05, 0.1) is 31.5 Å². The van der Waals surface area contributed by atoms with Gasteiger partial charge in [0, 0.05) is 11.8 Å². The maximum atomic E-state index is 11.2. The van der Waals surface area contributed by atoms with E-state index in [0.29, 0.717) is 5.56 Å². The number of rotatable bonds is 5. The van der Waals surface area contributed by atoms with E-state index in [2.05, 4.69) is 9.84 Å². The van der Waals surface area contributed by atoms with E-state index >= 15 is 0 Å². The van der Waals surface area contributed by atoms with Crippen LogP contribution in [-0.2, 0) is 9.53 Å². The number of nitrogens with zero attached hydrogens (tertiary/aromatic N) is 2. The van der Waals surface area contributed by atoms with Crippen molar-refractivity contribution in [2.45, 2.75) is 19.4 Å². The van der Waals surface area contributed by atoms with Gasteiger partial charge in [-0.25, -0.2) is 4.68 Å². The molecule has 0 amide bonds. The summed E-state index contributed by atoms with van der Waals surface area (Å²) in [6, 6.07) is 9.64. The number of esters is 1. The molecule has 2 aromatic rings. The molecular formula is C15H18N2O3. The predicted octanol–water partition coefficient (Wildman–Crippen LogP) is 2.10. The number of hydrogen-bond acceptors (Lipinski definition) is 4. The predicted molar refractivity (Wildman–Crippen MR) is 74.3 cm³/mol. The quantitative estimate of drug-likeness (QED) is 0.848. The second-order valence-electron chi connectivity index (χ2n) is 4.76. The van der Waals surface area contributed by atoms with Crippen molar-refractivity contribution < 1.29 is 14.6 Å². The lowest BCUT2D eigenvalue weighted by molar-refractivity contribution is -0.142. The van der Waals surface area contributed by atoms with Crippen molar-refractivity contribution in [3.05, 3.63) is 48.3 Å². The first-order chi connectivity index (χ1) is 9.61. The smallest absolute Gasteiger partial charge is 0.305 e. The monoisotopic (exact) mass is 274 g/mol. The zero-order valence-corrected chi connectivity index (χ0v) is 11.6. The van der Waals surface area contributed by atoms with E-state index in [-0.39, 0.29) is 18.3 Å². The zero-order valence-electron chi connectivity index (χ0n) is 11.6. The summed E-state index contributed by atoms with van der Waals surface area (Å²) in [5.41, 5.74) is 1.61. The first-order valence-electron chi connectivity index (χ1n) is 6.46. The van der Waals surface area contributed by atoms with E-state index < -0.39 is 6.10 Å². The van der Waals surface area contributed by atoms with Gasteiger partial charge in [-0.15, -0.1) is 0 Å². The van der Waals surface area contributed by atoms with Crippen LogP contribution in [0.2, 0.25) is 0 Å². The normalized spacial score (nSPS) is 13.8. The second-order valence-corrected chi connectivity index (χ2v) is 4.76. The van der Waals surface area contributed by atoms with Gasteiger partial charge in [-0.1, -0.05) is 25.1 Å². The van der Waals surface area contributed by atoms with E-state index in [9.17, 15) is 9.90 Å². The Morgan fingerprint density at radius 3 is 2.75 bits per heavy atom. The molecule has 0 saturated heterocycles. The van der Waals surface area contributed by atoms with Crippen molar-refractivity contribution in [2.24, 2.45) is 5.92 Å². The summed E-state index contributed by atoms with van der Waals surface area (Å²) in [6.07, 6.45) is 2.82. The number of aromatic nitrogens is 2. The Kier molecular flexibility index (Phi) is 4.53. The molecule has 0 aliphatic rings. The molecule has 20 heavy (non-hydrogen) atoms. The molecular weight excluding hydrogens is 256 g/mol. The highest BCUT2D eigenvalue weighted by Gasteiger charge is 2.21. The number of aliphatic hydroxyl groups is 1. The Morgan fingerprint density at radius 2 is 2.10 bits per heavy atom. The minimum atomic E-state index is -0.744. The Bertz CT molecular complexity index is 566. The van der Waals surface area contributed by atoms with Gasteiger partial charge in [0.15, 0.2) is 0 Å². The number of methoxy groups -OCH3 is 1. The van der Waals surface area contributed by atoms with E-state index in [1.165, 1.54) is 7.11 Å². The van der Waals surface area contributed by atoms with Crippen LogP contribution in [0.3, 0.4) is 0 Å². The van der Waals surface area contributed by atoms with Crippen molar-refractivity contribution in [2.75, 3.05) is 7.11 Å². The topological polar surface area (TPSA) is 64.3 Å². The molecule has 0 aliphatic heterocycles.